The lowest BCUT2D eigenvalue weighted by Crippen LogP contribution is -2.38. The first-order valence-corrected chi connectivity index (χ1v) is 5.53. The number of aliphatic hydroxyl groups excluding tert-OH is 1. The van der Waals surface area contributed by atoms with Crippen LogP contribution in [0.25, 0.3) is 0 Å². The topological polar surface area (TPSA) is 71.2 Å². The highest BCUT2D eigenvalue weighted by molar-refractivity contribution is 4.83. The van der Waals surface area contributed by atoms with Crippen LogP contribution < -0.4 is 5.32 Å². The molecule has 1 fully saturated rings. The number of rotatable bonds is 3. The summed E-state index contributed by atoms with van der Waals surface area (Å²) in [4.78, 5) is 3.93. The van der Waals surface area contributed by atoms with Gasteiger partial charge in [0.15, 0.2) is 5.82 Å². The van der Waals surface area contributed by atoms with E-state index in [1.54, 1.807) is 0 Å². The van der Waals surface area contributed by atoms with Gasteiger partial charge in [0.2, 0.25) is 6.39 Å². The number of hydrogen-bond acceptors (Lipinski definition) is 5. The van der Waals surface area contributed by atoms with Gasteiger partial charge in [-0.1, -0.05) is 24.4 Å². The van der Waals surface area contributed by atoms with Crippen molar-refractivity contribution in [2.45, 2.75) is 50.8 Å². The molecule has 1 saturated carbocycles. The summed E-state index contributed by atoms with van der Waals surface area (Å²) in [5.74, 6) is 0.645. The summed E-state index contributed by atoms with van der Waals surface area (Å²) in [6, 6.07) is 0.172. The monoisotopic (exact) mass is 211 g/mol. The Balaban J connectivity index is 1.81. The first-order chi connectivity index (χ1) is 7.36. The molecule has 1 heterocycles. The quantitative estimate of drug-likeness (QED) is 0.725. The molecule has 0 aliphatic heterocycles. The minimum Gasteiger partial charge on any atom is -0.392 e. The van der Waals surface area contributed by atoms with E-state index >= 15 is 0 Å². The van der Waals surface area contributed by atoms with E-state index in [1.807, 2.05) is 0 Å². The molecule has 2 rings (SSSR count). The molecule has 1 aromatic rings. The second-order valence-corrected chi connectivity index (χ2v) is 4.04. The molecule has 2 N–H and O–H groups in total. The molecule has 0 radical (unpaired) electrons. The molecule has 0 spiro atoms. The van der Waals surface area contributed by atoms with Crippen molar-refractivity contribution in [2.75, 3.05) is 0 Å². The Labute approximate surface area is 88.9 Å². The third-order valence-corrected chi connectivity index (χ3v) is 2.91. The van der Waals surface area contributed by atoms with Crippen molar-refractivity contribution in [3.05, 3.63) is 12.2 Å². The molecule has 1 aromatic heterocycles. The third-order valence-electron chi connectivity index (χ3n) is 2.91. The molecule has 0 saturated heterocycles. The van der Waals surface area contributed by atoms with Gasteiger partial charge in [0.1, 0.15) is 0 Å². The zero-order chi connectivity index (χ0) is 10.5. The lowest BCUT2D eigenvalue weighted by atomic mass is 10.1. The fraction of sp³-hybridized carbons (Fsp3) is 0.800. The highest BCUT2D eigenvalue weighted by atomic mass is 16.5. The average Bonchev–Trinajstić information content (AvgIpc) is 2.67. The summed E-state index contributed by atoms with van der Waals surface area (Å²) < 4.78 is 4.64. The number of aliphatic hydroxyl groups is 1. The highest BCUT2D eigenvalue weighted by Gasteiger charge is 2.21. The van der Waals surface area contributed by atoms with E-state index < -0.39 is 0 Å². The van der Waals surface area contributed by atoms with E-state index in [-0.39, 0.29) is 12.1 Å². The van der Waals surface area contributed by atoms with Gasteiger partial charge in [-0.05, 0) is 12.8 Å². The fourth-order valence-electron chi connectivity index (χ4n) is 2.02. The molecule has 84 valence electrons. The van der Waals surface area contributed by atoms with Crippen LogP contribution in [0.15, 0.2) is 10.9 Å². The van der Waals surface area contributed by atoms with Crippen LogP contribution in [0.3, 0.4) is 0 Å². The van der Waals surface area contributed by atoms with Gasteiger partial charge in [-0.15, -0.1) is 0 Å². The molecular weight excluding hydrogens is 194 g/mol. The van der Waals surface area contributed by atoms with Crippen molar-refractivity contribution < 1.29 is 9.63 Å². The molecular formula is C10H17N3O2. The minimum absolute atomic E-state index is 0.172. The Bertz CT molecular complexity index is 276. The lowest BCUT2D eigenvalue weighted by Gasteiger charge is -2.20. The van der Waals surface area contributed by atoms with Crippen LogP contribution in [0.1, 0.15) is 37.9 Å². The Morgan fingerprint density at radius 1 is 1.40 bits per heavy atom. The van der Waals surface area contributed by atoms with Crippen LogP contribution in [0.5, 0.6) is 0 Å². The maximum absolute atomic E-state index is 9.85. The molecule has 1 aliphatic rings. The van der Waals surface area contributed by atoms with Crippen LogP contribution in [-0.2, 0) is 6.54 Å². The Hall–Kier alpha value is -0.940. The molecule has 15 heavy (non-hydrogen) atoms. The molecule has 2 unspecified atom stereocenters. The van der Waals surface area contributed by atoms with Crippen molar-refractivity contribution in [1.29, 1.82) is 0 Å². The van der Waals surface area contributed by atoms with Crippen molar-refractivity contribution in [3.8, 4) is 0 Å². The van der Waals surface area contributed by atoms with Crippen molar-refractivity contribution in [3.63, 3.8) is 0 Å². The van der Waals surface area contributed by atoms with Gasteiger partial charge in [0, 0.05) is 6.04 Å². The van der Waals surface area contributed by atoms with Gasteiger partial charge in [-0.25, -0.2) is 0 Å². The number of nitrogens with one attached hydrogen (secondary N) is 1. The second-order valence-electron chi connectivity index (χ2n) is 4.04. The number of hydrogen-bond donors (Lipinski definition) is 2. The lowest BCUT2D eigenvalue weighted by molar-refractivity contribution is 0.119. The van der Waals surface area contributed by atoms with Crippen LogP contribution >= 0.6 is 0 Å². The van der Waals surface area contributed by atoms with E-state index in [0.29, 0.717) is 12.4 Å². The molecule has 0 aromatic carbocycles. The summed E-state index contributed by atoms with van der Waals surface area (Å²) in [5.41, 5.74) is 0. The summed E-state index contributed by atoms with van der Waals surface area (Å²) in [5, 5.41) is 16.8. The standard InChI is InChI=1S/C10H17N3O2/c14-9-5-3-1-2-4-8(9)11-6-10-12-7-15-13-10/h7-9,11,14H,1-6H2. The largest absolute Gasteiger partial charge is 0.392 e. The molecule has 0 amide bonds. The van der Waals surface area contributed by atoms with Crippen LogP contribution in [0.4, 0.5) is 0 Å². The molecule has 2 atom stereocenters. The van der Waals surface area contributed by atoms with Gasteiger partial charge in [0.25, 0.3) is 0 Å². The van der Waals surface area contributed by atoms with E-state index in [4.69, 9.17) is 0 Å². The Morgan fingerprint density at radius 2 is 2.27 bits per heavy atom. The molecule has 0 bridgehead atoms. The maximum Gasteiger partial charge on any atom is 0.213 e. The maximum atomic E-state index is 9.85. The van der Waals surface area contributed by atoms with Crippen molar-refractivity contribution in [1.82, 2.24) is 15.5 Å². The van der Waals surface area contributed by atoms with E-state index in [2.05, 4.69) is 20.0 Å². The third kappa shape index (κ3) is 3.00. The van der Waals surface area contributed by atoms with Gasteiger partial charge in [0.05, 0.1) is 12.6 Å². The van der Waals surface area contributed by atoms with E-state index in [9.17, 15) is 5.11 Å². The summed E-state index contributed by atoms with van der Waals surface area (Å²) in [6.07, 6.45) is 6.53. The smallest absolute Gasteiger partial charge is 0.213 e. The zero-order valence-electron chi connectivity index (χ0n) is 8.72. The summed E-state index contributed by atoms with van der Waals surface area (Å²) >= 11 is 0. The van der Waals surface area contributed by atoms with E-state index in [1.165, 1.54) is 19.2 Å². The minimum atomic E-state index is -0.237. The Morgan fingerprint density at radius 3 is 3.07 bits per heavy atom. The van der Waals surface area contributed by atoms with Crippen LogP contribution in [0.2, 0.25) is 0 Å². The van der Waals surface area contributed by atoms with Gasteiger partial charge < -0.3 is 14.9 Å². The predicted molar refractivity (Wildman–Crippen MR) is 54.0 cm³/mol. The van der Waals surface area contributed by atoms with Gasteiger partial charge in [-0.2, -0.15) is 4.98 Å². The average molecular weight is 211 g/mol. The highest BCUT2D eigenvalue weighted by Crippen LogP contribution is 2.18. The SMILES string of the molecule is OC1CCCCCC1NCc1ncon1. The first kappa shape index (κ1) is 10.6. The van der Waals surface area contributed by atoms with Crippen LogP contribution in [-0.4, -0.2) is 27.4 Å². The second kappa shape index (κ2) is 5.23. The van der Waals surface area contributed by atoms with Crippen molar-refractivity contribution in [2.24, 2.45) is 0 Å². The number of nitrogens with zero attached hydrogens (tertiary/aromatic N) is 2. The predicted octanol–water partition coefficient (Wildman–Crippen LogP) is 0.853. The van der Waals surface area contributed by atoms with E-state index in [0.717, 1.165) is 19.3 Å². The summed E-state index contributed by atoms with van der Waals surface area (Å²) in [6.45, 7) is 0.568. The molecule has 1 aliphatic carbocycles. The van der Waals surface area contributed by atoms with Gasteiger partial charge >= 0.3 is 0 Å². The summed E-state index contributed by atoms with van der Waals surface area (Å²) in [7, 11) is 0. The van der Waals surface area contributed by atoms with Crippen molar-refractivity contribution >= 4 is 0 Å². The van der Waals surface area contributed by atoms with Gasteiger partial charge in [-0.3, -0.25) is 0 Å². The fourth-order valence-corrected chi connectivity index (χ4v) is 2.02. The Kier molecular flexibility index (Phi) is 3.69. The molecule has 5 nitrogen and oxygen atoms in total. The zero-order valence-corrected chi connectivity index (χ0v) is 8.72. The number of aromatic nitrogens is 2. The van der Waals surface area contributed by atoms with Crippen LogP contribution in [0, 0.1) is 0 Å². The first-order valence-electron chi connectivity index (χ1n) is 5.53. The molecule has 5 heteroatoms. The normalized spacial score (nSPS) is 27.5.